The molecule has 2 heterocycles. The van der Waals surface area contributed by atoms with Gasteiger partial charge in [-0.25, -0.2) is 0 Å². The maximum absolute atomic E-state index is 13.0. The van der Waals surface area contributed by atoms with Gasteiger partial charge in [-0.3, -0.25) is 9.78 Å². The number of methoxy groups -OCH3 is 1. The molecule has 0 saturated carbocycles. The second kappa shape index (κ2) is 9.80. The molecule has 1 aliphatic heterocycles. The number of hydrogen-bond acceptors (Lipinski definition) is 5. The van der Waals surface area contributed by atoms with E-state index in [0.29, 0.717) is 6.54 Å². The maximum atomic E-state index is 13.0. The largest absolute Gasteiger partial charge is 0.497 e. The van der Waals surface area contributed by atoms with Gasteiger partial charge in [-0.2, -0.15) is 0 Å². The van der Waals surface area contributed by atoms with Gasteiger partial charge in [-0.05, 0) is 42.8 Å². The van der Waals surface area contributed by atoms with Crippen molar-refractivity contribution in [3.05, 3.63) is 54.4 Å². The zero-order valence-electron chi connectivity index (χ0n) is 14.9. The molecule has 1 aliphatic rings. The van der Waals surface area contributed by atoms with Crippen LogP contribution in [-0.2, 0) is 4.79 Å². The van der Waals surface area contributed by atoms with E-state index in [1.54, 1.807) is 25.1 Å². The van der Waals surface area contributed by atoms with Crippen LogP contribution >= 0.6 is 24.2 Å². The van der Waals surface area contributed by atoms with Crippen LogP contribution < -0.4 is 10.1 Å². The SMILES string of the molecule is COc1ccc(SC(C)C(=O)N2CCNCC2c2cccnc2)cc1.Cl. The summed E-state index contributed by atoms with van der Waals surface area (Å²) in [4.78, 5) is 20.3. The topological polar surface area (TPSA) is 54.5 Å². The first kappa shape index (κ1) is 20.6. The molecule has 140 valence electrons. The molecule has 2 aromatic rings. The number of benzene rings is 1. The number of carbonyl (C=O) groups is 1. The van der Waals surface area contributed by atoms with Gasteiger partial charge in [0.1, 0.15) is 5.75 Å². The van der Waals surface area contributed by atoms with Gasteiger partial charge in [0.05, 0.1) is 18.4 Å². The van der Waals surface area contributed by atoms with Crippen LogP contribution in [-0.4, -0.2) is 47.8 Å². The molecule has 0 bridgehead atoms. The third kappa shape index (κ3) is 4.90. The van der Waals surface area contributed by atoms with Gasteiger partial charge in [-0.1, -0.05) is 6.07 Å². The van der Waals surface area contributed by atoms with Crippen molar-refractivity contribution in [2.75, 3.05) is 26.7 Å². The van der Waals surface area contributed by atoms with Gasteiger partial charge in [0.2, 0.25) is 5.91 Å². The first-order valence-electron chi connectivity index (χ1n) is 8.41. The van der Waals surface area contributed by atoms with E-state index in [2.05, 4.69) is 10.3 Å². The van der Waals surface area contributed by atoms with Crippen LogP contribution in [0.4, 0.5) is 0 Å². The lowest BCUT2D eigenvalue weighted by molar-refractivity contribution is -0.133. The van der Waals surface area contributed by atoms with Crippen molar-refractivity contribution in [3.63, 3.8) is 0 Å². The second-order valence-electron chi connectivity index (χ2n) is 5.97. The van der Waals surface area contributed by atoms with E-state index in [9.17, 15) is 4.79 Å². The average Bonchev–Trinajstić information content (AvgIpc) is 2.68. The molecule has 1 N–H and O–H groups in total. The molecular weight excluding hydrogens is 370 g/mol. The van der Waals surface area contributed by atoms with E-state index in [1.807, 2.05) is 54.4 Å². The summed E-state index contributed by atoms with van der Waals surface area (Å²) >= 11 is 1.58. The minimum Gasteiger partial charge on any atom is -0.497 e. The molecule has 2 atom stereocenters. The second-order valence-corrected chi connectivity index (χ2v) is 7.39. The van der Waals surface area contributed by atoms with Crippen LogP contribution in [0, 0.1) is 0 Å². The van der Waals surface area contributed by atoms with E-state index in [0.717, 1.165) is 29.3 Å². The first-order chi connectivity index (χ1) is 12.2. The Balaban J connectivity index is 0.00000243. The zero-order chi connectivity index (χ0) is 17.6. The molecule has 1 fully saturated rings. The van der Waals surface area contributed by atoms with Crippen molar-refractivity contribution >= 4 is 30.1 Å². The fourth-order valence-electron chi connectivity index (χ4n) is 2.98. The molecule has 3 rings (SSSR count). The fourth-order valence-corrected chi connectivity index (χ4v) is 3.92. The third-order valence-electron chi connectivity index (χ3n) is 4.32. The van der Waals surface area contributed by atoms with E-state index in [4.69, 9.17) is 4.74 Å². The number of thioether (sulfide) groups is 1. The third-order valence-corrected chi connectivity index (χ3v) is 5.42. The summed E-state index contributed by atoms with van der Waals surface area (Å²) in [5, 5.41) is 3.23. The Hall–Kier alpha value is -1.76. The maximum Gasteiger partial charge on any atom is 0.236 e. The number of amides is 1. The van der Waals surface area contributed by atoms with Crippen LogP contribution in [0.1, 0.15) is 18.5 Å². The van der Waals surface area contributed by atoms with Crippen molar-refractivity contribution in [1.29, 1.82) is 0 Å². The van der Waals surface area contributed by atoms with E-state index < -0.39 is 0 Å². The molecule has 1 aromatic heterocycles. The number of piperazine rings is 1. The molecule has 2 unspecified atom stereocenters. The van der Waals surface area contributed by atoms with Crippen molar-refractivity contribution in [2.24, 2.45) is 0 Å². The van der Waals surface area contributed by atoms with Gasteiger partial charge in [-0.15, -0.1) is 24.2 Å². The smallest absolute Gasteiger partial charge is 0.236 e. The van der Waals surface area contributed by atoms with Crippen molar-refractivity contribution in [1.82, 2.24) is 15.2 Å². The zero-order valence-corrected chi connectivity index (χ0v) is 16.6. The lowest BCUT2D eigenvalue weighted by Gasteiger charge is -2.37. The normalized spacial score (nSPS) is 17.9. The Bertz CT molecular complexity index is 700. The van der Waals surface area contributed by atoms with Gasteiger partial charge in [0, 0.05) is 36.9 Å². The molecule has 0 aliphatic carbocycles. The van der Waals surface area contributed by atoms with Crippen molar-refractivity contribution in [3.8, 4) is 5.75 Å². The summed E-state index contributed by atoms with van der Waals surface area (Å²) in [6.45, 7) is 4.27. The van der Waals surface area contributed by atoms with Gasteiger partial charge >= 0.3 is 0 Å². The highest BCUT2D eigenvalue weighted by Gasteiger charge is 2.31. The summed E-state index contributed by atoms with van der Waals surface area (Å²) in [6.07, 6.45) is 3.60. The number of carbonyl (C=O) groups excluding carboxylic acids is 1. The first-order valence-corrected chi connectivity index (χ1v) is 9.29. The van der Waals surface area contributed by atoms with E-state index >= 15 is 0 Å². The number of aromatic nitrogens is 1. The molecule has 1 amide bonds. The summed E-state index contributed by atoms with van der Waals surface area (Å²) in [6, 6.07) is 11.8. The van der Waals surface area contributed by atoms with Crippen LogP contribution in [0.15, 0.2) is 53.7 Å². The molecular formula is C19H24ClN3O2S. The summed E-state index contributed by atoms with van der Waals surface area (Å²) < 4.78 is 5.18. The molecule has 1 saturated heterocycles. The quantitative estimate of drug-likeness (QED) is 0.791. The number of nitrogens with one attached hydrogen (secondary N) is 1. The highest BCUT2D eigenvalue weighted by atomic mass is 35.5. The van der Waals surface area contributed by atoms with Crippen molar-refractivity contribution in [2.45, 2.75) is 23.1 Å². The van der Waals surface area contributed by atoms with Crippen LogP contribution in [0.2, 0.25) is 0 Å². The Morgan fingerprint density at radius 2 is 2.12 bits per heavy atom. The minimum atomic E-state index is -0.148. The Labute approximate surface area is 164 Å². The standard InChI is InChI=1S/C19H23N3O2S.ClH/c1-14(25-17-7-5-16(24-2)6-8-17)19(23)22-11-10-21-13-18(22)15-4-3-9-20-12-15;/h3-9,12,14,18,21H,10-11,13H2,1-2H3;1H. The van der Waals surface area contributed by atoms with E-state index in [1.165, 1.54) is 0 Å². The molecule has 0 radical (unpaired) electrons. The molecule has 26 heavy (non-hydrogen) atoms. The number of halogens is 1. The fraction of sp³-hybridized carbons (Fsp3) is 0.368. The highest BCUT2D eigenvalue weighted by Crippen LogP contribution is 2.29. The predicted molar refractivity (Wildman–Crippen MR) is 107 cm³/mol. The molecule has 5 nitrogen and oxygen atoms in total. The van der Waals surface area contributed by atoms with E-state index in [-0.39, 0.29) is 29.6 Å². The lowest BCUT2D eigenvalue weighted by atomic mass is 10.0. The number of nitrogens with zero attached hydrogens (tertiary/aromatic N) is 2. The average molecular weight is 394 g/mol. The van der Waals surface area contributed by atoms with Crippen LogP contribution in [0.25, 0.3) is 0 Å². The Morgan fingerprint density at radius 1 is 1.35 bits per heavy atom. The van der Waals surface area contributed by atoms with Gasteiger partial charge in [0.25, 0.3) is 0 Å². The number of ether oxygens (including phenoxy) is 1. The van der Waals surface area contributed by atoms with Crippen LogP contribution in [0.3, 0.4) is 0 Å². The van der Waals surface area contributed by atoms with Gasteiger partial charge in [0.15, 0.2) is 0 Å². The Kier molecular flexibility index (Phi) is 7.75. The molecule has 7 heteroatoms. The number of hydrogen-bond donors (Lipinski definition) is 1. The minimum absolute atomic E-state index is 0. The lowest BCUT2D eigenvalue weighted by Crippen LogP contribution is -2.50. The number of rotatable bonds is 5. The van der Waals surface area contributed by atoms with Crippen LogP contribution in [0.5, 0.6) is 5.75 Å². The predicted octanol–water partition coefficient (Wildman–Crippen LogP) is 3.17. The summed E-state index contributed by atoms with van der Waals surface area (Å²) in [7, 11) is 1.65. The molecule has 0 spiro atoms. The summed E-state index contributed by atoms with van der Waals surface area (Å²) in [5.74, 6) is 0.984. The monoisotopic (exact) mass is 393 g/mol. The Morgan fingerprint density at radius 3 is 2.77 bits per heavy atom. The number of pyridine rings is 1. The summed E-state index contributed by atoms with van der Waals surface area (Å²) in [5.41, 5.74) is 1.07. The highest BCUT2D eigenvalue weighted by molar-refractivity contribution is 8.00. The van der Waals surface area contributed by atoms with Crippen molar-refractivity contribution < 1.29 is 9.53 Å². The molecule has 1 aromatic carbocycles. The van der Waals surface area contributed by atoms with Gasteiger partial charge < -0.3 is 15.0 Å².